The molecule has 0 aliphatic carbocycles. The van der Waals surface area contributed by atoms with Gasteiger partial charge in [0.2, 0.25) is 0 Å². The van der Waals surface area contributed by atoms with Crippen molar-refractivity contribution in [1.29, 1.82) is 0 Å². The average Bonchev–Trinajstić information content (AvgIpc) is 2.92. The third-order valence-corrected chi connectivity index (χ3v) is 8.30. The molecule has 4 aromatic carbocycles. The molecule has 194 valence electrons. The molecule has 0 saturated heterocycles. The fourth-order valence-electron chi connectivity index (χ4n) is 4.85. The van der Waals surface area contributed by atoms with E-state index in [9.17, 15) is 13.2 Å². The van der Waals surface area contributed by atoms with Gasteiger partial charge in [-0.2, -0.15) is 0 Å². The molecule has 1 aliphatic heterocycles. The van der Waals surface area contributed by atoms with E-state index in [2.05, 4.69) is 39.2 Å². The number of amides is 1. The van der Waals surface area contributed by atoms with Crippen LogP contribution in [0.4, 0.5) is 17.1 Å². The van der Waals surface area contributed by atoms with Crippen molar-refractivity contribution in [3.8, 4) is 0 Å². The Balaban J connectivity index is 1.22. The first kappa shape index (κ1) is 25.5. The van der Waals surface area contributed by atoms with Crippen LogP contribution in [-0.4, -0.2) is 20.9 Å². The van der Waals surface area contributed by atoms with Gasteiger partial charge in [0.25, 0.3) is 15.9 Å². The Kier molecular flexibility index (Phi) is 7.20. The molecule has 0 bridgehead atoms. The summed E-state index contributed by atoms with van der Waals surface area (Å²) in [4.78, 5) is 15.3. The first-order valence-electron chi connectivity index (χ1n) is 12.7. The van der Waals surface area contributed by atoms with E-state index in [1.54, 1.807) is 12.1 Å². The van der Waals surface area contributed by atoms with Crippen LogP contribution in [0.2, 0.25) is 0 Å². The first-order valence-corrected chi connectivity index (χ1v) is 14.2. The summed E-state index contributed by atoms with van der Waals surface area (Å²) in [6.07, 6.45) is 2.25. The van der Waals surface area contributed by atoms with Crippen molar-refractivity contribution in [3.05, 3.63) is 119 Å². The van der Waals surface area contributed by atoms with Crippen LogP contribution in [0.1, 0.15) is 39.0 Å². The predicted octanol–water partition coefficient (Wildman–Crippen LogP) is 6.31. The molecule has 4 aromatic rings. The van der Waals surface area contributed by atoms with E-state index in [1.807, 2.05) is 56.3 Å². The molecule has 0 saturated carbocycles. The molecule has 0 spiro atoms. The van der Waals surface area contributed by atoms with Crippen molar-refractivity contribution >= 4 is 33.0 Å². The lowest BCUT2D eigenvalue weighted by Crippen LogP contribution is -2.28. The smallest absolute Gasteiger partial charge is 0.261 e. The molecule has 0 fully saturated rings. The fourth-order valence-corrected chi connectivity index (χ4v) is 6.05. The highest BCUT2D eigenvalue weighted by Crippen LogP contribution is 2.28. The Labute approximate surface area is 224 Å². The van der Waals surface area contributed by atoms with Gasteiger partial charge in [-0.1, -0.05) is 48.5 Å². The number of sulfonamides is 1. The molecule has 7 heteroatoms. The largest absolute Gasteiger partial charge is 0.367 e. The molecule has 38 heavy (non-hydrogen) atoms. The number of carbonyl (C=O) groups excluding carboxylic acids is 1. The Morgan fingerprint density at radius 3 is 2.24 bits per heavy atom. The van der Waals surface area contributed by atoms with Gasteiger partial charge in [-0.25, -0.2) is 8.42 Å². The summed E-state index contributed by atoms with van der Waals surface area (Å²) in [6, 6.07) is 28.0. The lowest BCUT2D eigenvalue weighted by atomic mass is 10.0. The highest BCUT2D eigenvalue weighted by molar-refractivity contribution is 7.92. The standard InChI is InChI=1S/C31H31N3O3S/c1-22-7-5-8-23(2)30(22)33-38(36,37)28-18-16-27(17-19-28)32-31(35)26-14-12-24(13-15-26)21-34-20-6-10-25-9-3-4-11-29(25)34/h3-5,7-9,11-19,33H,6,10,20-21H2,1-2H3,(H,32,35). The van der Waals surface area contributed by atoms with Crippen molar-refractivity contribution in [2.75, 3.05) is 21.5 Å². The quantitative estimate of drug-likeness (QED) is 0.296. The van der Waals surface area contributed by atoms with Crippen LogP contribution in [0.5, 0.6) is 0 Å². The number of anilines is 3. The zero-order valence-corrected chi connectivity index (χ0v) is 22.4. The number of hydrogen-bond acceptors (Lipinski definition) is 4. The predicted molar refractivity (Wildman–Crippen MR) is 153 cm³/mol. The summed E-state index contributed by atoms with van der Waals surface area (Å²) in [7, 11) is -3.76. The van der Waals surface area contributed by atoms with Gasteiger partial charge in [0.05, 0.1) is 10.6 Å². The van der Waals surface area contributed by atoms with Crippen LogP contribution in [0.15, 0.2) is 95.9 Å². The summed E-state index contributed by atoms with van der Waals surface area (Å²) in [5.41, 5.74) is 7.16. The van der Waals surface area contributed by atoms with E-state index < -0.39 is 10.0 Å². The SMILES string of the molecule is Cc1cccc(C)c1NS(=O)(=O)c1ccc(NC(=O)c2ccc(CN3CCCc4ccccc43)cc2)cc1. The third kappa shape index (κ3) is 5.58. The Bertz CT molecular complexity index is 1540. The van der Waals surface area contributed by atoms with E-state index in [4.69, 9.17) is 0 Å². The van der Waals surface area contributed by atoms with Crippen LogP contribution in [0, 0.1) is 13.8 Å². The lowest BCUT2D eigenvalue weighted by Gasteiger charge is -2.31. The van der Waals surface area contributed by atoms with Gasteiger partial charge in [-0.05, 0) is 91.4 Å². The topological polar surface area (TPSA) is 78.5 Å². The molecule has 2 N–H and O–H groups in total. The maximum atomic E-state index is 12.9. The van der Waals surface area contributed by atoms with E-state index in [0.29, 0.717) is 16.9 Å². The molecule has 0 atom stereocenters. The van der Waals surface area contributed by atoms with E-state index in [1.165, 1.54) is 23.4 Å². The lowest BCUT2D eigenvalue weighted by molar-refractivity contribution is 0.102. The van der Waals surface area contributed by atoms with E-state index >= 15 is 0 Å². The van der Waals surface area contributed by atoms with Gasteiger partial charge in [0, 0.05) is 30.0 Å². The highest BCUT2D eigenvalue weighted by atomic mass is 32.2. The van der Waals surface area contributed by atoms with Crippen LogP contribution in [0.3, 0.4) is 0 Å². The van der Waals surface area contributed by atoms with Crippen molar-refractivity contribution in [3.63, 3.8) is 0 Å². The summed E-state index contributed by atoms with van der Waals surface area (Å²) in [6.45, 7) is 5.54. The molecular formula is C31H31N3O3S. The number of rotatable bonds is 7. The Morgan fingerprint density at radius 1 is 0.842 bits per heavy atom. The Morgan fingerprint density at radius 2 is 1.53 bits per heavy atom. The van der Waals surface area contributed by atoms with Gasteiger partial charge in [0.15, 0.2) is 0 Å². The second-order valence-electron chi connectivity index (χ2n) is 9.70. The normalized spacial score (nSPS) is 13.1. The summed E-state index contributed by atoms with van der Waals surface area (Å²) in [5, 5.41) is 2.85. The van der Waals surface area contributed by atoms with Crippen LogP contribution in [-0.2, 0) is 23.0 Å². The molecule has 0 radical (unpaired) electrons. The molecule has 0 unspecified atom stereocenters. The van der Waals surface area contributed by atoms with Crippen LogP contribution < -0.4 is 14.9 Å². The second-order valence-corrected chi connectivity index (χ2v) is 11.4. The van der Waals surface area contributed by atoms with Gasteiger partial charge >= 0.3 is 0 Å². The second kappa shape index (κ2) is 10.7. The number of benzene rings is 4. The molecular weight excluding hydrogens is 494 g/mol. The minimum absolute atomic E-state index is 0.127. The van der Waals surface area contributed by atoms with Gasteiger partial charge in [-0.15, -0.1) is 0 Å². The molecule has 1 aliphatic rings. The zero-order valence-electron chi connectivity index (χ0n) is 21.6. The molecule has 1 amide bonds. The van der Waals surface area contributed by atoms with E-state index in [-0.39, 0.29) is 10.8 Å². The van der Waals surface area contributed by atoms with E-state index in [0.717, 1.165) is 42.6 Å². The minimum Gasteiger partial charge on any atom is -0.367 e. The maximum absolute atomic E-state index is 12.9. The number of carbonyl (C=O) groups is 1. The summed E-state index contributed by atoms with van der Waals surface area (Å²) in [5.74, 6) is -0.246. The monoisotopic (exact) mass is 525 g/mol. The summed E-state index contributed by atoms with van der Waals surface area (Å²) >= 11 is 0. The van der Waals surface area contributed by atoms with Crippen molar-refractivity contribution in [2.24, 2.45) is 0 Å². The zero-order chi connectivity index (χ0) is 26.7. The first-order chi connectivity index (χ1) is 18.3. The van der Waals surface area contributed by atoms with Crippen molar-refractivity contribution in [1.82, 2.24) is 0 Å². The van der Waals surface area contributed by atoms with Crippen LogP contribution in [0.25, 0.3) is 0 Å². The molecule has 6 nitrogen and oxygen atoms in total. The third-order valence-electron chi connectivity index (χ3n) is 6.94. The number of nitrogens with one attached hydrogen (secondary N) is 2. The molecule has 5 rings (SSSR count). The van der Waals surface area contributed by atoms with Gasteiger partial charge < -0.3 is 10.2 Å². The fraction of sp³-hybridized carbons (Fsp3) is 0.194. The summed E-state index contributed by atoms with van der Waals surface area (Å²) < 4.78 is 28.5. The minimum atomic E-state index is -3.76. The number of nitrogens with zero attached hydrogens (tertiary/aromatic N) is 1. The number of hydrogen-bond donors (Lipinski definition) is 2. The van der Waals surface area contributed by atoms with Crippen LogP contribution >= 0.6 is 0 Å². The average molecular weight is 526 g/mol. The Hall–Kier alpha value is -4.10. The molecule has 1 heterocycles. The number of fused-ring (bicyclic) bond motifs is 1. The van der Waals surface area contributed by atoms with Gasteiger partial charge in [0.1, 0.15) is 0 Å². The highest BCUT2D eigenvalue weighted by Gasteiger charge is 2.18. The van der Waals surface area contributed by atoms with Gasteiger partial charge in [-0.3, -0.25) is 9.52 Å². The molecule has 0 aromatic heterocycles. The number of aryl methyl sites for hydroxylation is 3. The van der Waals surface area contributed by atoms with Crippen molar-refractivity contribution in [2.45, 2.75) is 38.1 Å². The van der Waals surface area contributed by atoms with Crippen molar-refractivity contribution < 1.29 is 13.2 Å². The number of para-hydroxylation sites is 2. The maximum Gasteiger partial charge on any atom is 0.261 e.